The van der Waals surface area contributed by atoms with Gasteiger partial charge in [-0.1, -0.05) is 0 Å². The van der Waals surface area contributed by atoms with Gasteiger partial charge in [-0.25, -0.2) is 4.39 Å². The van der Waals surface area contributed by atoms with Gasteiger partial charge < -0.3 is 5.32 Å². The van der Waals surface area contributed by atoms with E-state index in [9.17, 15) is 17.6 Å². The summed E-state index contributed by atoms with van der Waals surface area (Å²) >= 11 is 3.09. The Morgan fingerprint density at radius 3 is 2.53 bits per heavy atom. The number of hydrogen-bond acceptors (Lipinski definition) is 1. The van der Waals surface area contributed by atoms with E-state index in [1.165, 1.54) is 6.07 Å². The molecule has 0 aliphatic rings. The second kappa shape index (κ2) is 6.59. The van der Waals surface area contributed by atoms with E-state index in [1.54, 1.807) is 13.0 Å². The molecule has 0 bridgehead atoms. The van der Waals surface area contributed by atoms with Crippen molar-refractivity contribution in [1.82, 2.24) is 0 Å². The molecule has 0 amide bonds. The monoisotopic (exact) mass is 341 g/mol. The van der Waals surface area contributed by atoms with Gasteiger partial charge in [0.2, 0.25) is 0 Å². The molecule has 0 saturated carbocycles. The third-order valence-corrected chi connectivity index (χ3v) is 3.37. The molecule has 1 rings (SSSR count). The topological polar surface area (TPSA) is 12.0 Å². The molecule has 0 aliphatic carbocycles. The van der Waals surface area contributed by atoms with Crippen molar-refractivity contribution >= 4 is 21.6 Å². The zero-order valence-corrected chi connectivity index (χ0v) is 12.3. The maximum absolute atomic E-state index is 13.2. The fourth-order valence-electron chi connectivity index (χ4n) is 1.75. The van der Waals surface area contributed by atoms with Crippen LogP contribution in [0.25, 0.3) is 0 Å². The second-order valence-corrected chi connectivity index (χ2v) is 5.49. The normalized spacial score (nSPS) is 13.4. The second-order valence-electron chi connectivity index (χ2n) is 4.63. The van der Waals surface area contributed by atoms with E-state index in [2.05, 4.69) is 21.2 Å². The van der Waals surface area contributed by atoms with E-state index >= 15 is 0 Å². The van der Waals surface area contributed by atoms with Gasteiger partial charge in [-0.05, 0) is 60.3 Å². The number of hydrogen-bond donors (Lipinski definition) is 1. The molecule has 0 heterocycles. The summed E-state index contributed by atoms with van der Waals surface area (Å²) in [6, 6.07) is 2.89. The van der Waals surface area contributed by atoms with Crippen molar-refractivity contribution in [2.45, 2.75) is 45.3 Å². The molecule has 0 fully saturated rings. The van der Waals surface area contributed by atoms with Gasteiger partial charge in [0.05, 0.1) is 4.47 Å². The summed E-state index contributed by atoms with van der Waals surface area (Å²) in [5.41, 5.74) is 1.45. The molecule has 0 aliphatic heterocycles. The summed E-state index contributed by atoms with van der Waals surface area (Å²) < 4.78 is 49.6. The molecule has 108 valence electrons. The van der Waals surface area contributed by atoms with Crippen molar-refractivity contribution in [3.05, 3.63) is 28.0 Å². The van der Waals surface area contributed by atoms with Crippen LogP contribution in [0.4, 0.5) is 23.2 Å². The van der Waals surface area contributed by atoms with Gasteiger partial charge in [-0.2, -0.15) is 13.2 Å². The van der Waals surface area contributed by atoms with E-state index in [-0.39, 0.29) is 18.3 Å². The first-order chi connectivity index (χ1) is 8.69. The minimum Gasteiger partial charge on any atom is -0.382 e. The molecular weight excluding hydrogens is 326 g/mol. The summed E-state index contributed by atoms with van der Waals surface area (Å²) in [4.78, 5) is 0. The molecule has 0 aromatic heterocycles. The highest BCUT2D eigenvalue weighted by Crippen LogP contribution is 2.26. The van der Waals surface area contributed by atoms with E-state index in [0.29, 0.717) is 10.9 Å². The van der Waals surface area contributed by atoms with Crippen LogP contribution in [-0.4, -0.2) is 12.2 Å². The summed E-state index contributed by atoms with van der Waals surface area (Å²) in [5, 5.41) is 3.10. The lowest BCUT2D eigenvalue weighted by atomic mass is 10.1. The van der Waals surface area contributed by atoms with Crippen molar-refractivity contribution < 1.29 is 17.6 Å². The van der Waals surface area contributed by atoms with Crippen LogP contribution in [0.1, 0.15) is 31.7 Å². The maximum atomic E-state index is 13.2. The average Bonchev–Trinajstić information content (AvgIpc) is 2.24. The molecule has 1 aromatic carbocycles. The lowest BCUT2D eigenvalue weighted by molar-refractivity contribution is -0.135. The smallest absolute Gasteiger partial charge is 0.382 e. The average molecular weight is 342 g/mol. The third-order valence-electron chi connectivity index (χ3n) is 2.77. The standard InChI is InChI=1S/C13H16BrF4N/c1-8-6-11(15)10(14)7-12(8)19-9(2)4-3-5-13(16,17)18/h6-7,9,19H,3-5H2,1-2H3. The van der Waals surface area contributed by atoms with Crippen molar-refractivity contribution in [3.8, 4) is 0 Å². The van der Waals surface area contributed by atoms with Crippen LogP contribution < -0.4 is 5.32 Å². The molecule has 1 N–H and O–H groups in total. The van der Waals surface area contributed by atoms with Crippen LogP contribution in [-0.2, 0) is 0 Å². The first-order valence-electron chi connectivity index (χ1n) is 5.98. The highest BCUT2D eigenvalue weighted by molar-refractivity contribution is 9.10. The zero-order chi connectivity index (χ0) is 14.6. The summed E-state index contributed by atoms with van der Waals surface area (Å²) in [6.45, 7) is 3.56. The first kappa shape index (κ1) is 16.3. The fraction of sp³-hybridized carbons (Fsp3) is 0.538. The Morgan fingerprint density at radius 2 is 1.95 bits per heavy atom. The molecule has 0 radical (unpaired) electrons. The summed E-state index contributed by atoms with van der Waals surface area (Å²) in [5.74, 6) is -0.354. The van der Waals surface area contributed by atoms with Gasteiger partial charge in [0.1, 0.15) is 5.82 Å². The van der Waals surface area contributed by atoms with Crippen molar-refractivity contribution in [2.75, 3.05) is 5.32 Å². The first-order valence-corrected chi connectivity index (χ1v) is 6.77. The molecule has 1 aromatic rings. The summed E-state index contributed by atoms with van der Waals surface area (Å²) in [7, 11) is 0. The fourth-order valence-corrected chi connectivity index (χ4v) is 2.09. The van der Waals surface area contributed by atoms with Gasteiger partial charge in [0, 0.05) is 18.2 Å². The van der Waals surface area contributed by atoms with E-state index in [1.807, 2.05) is 6.92 Å². The predicted octanol–water partition coefficient (Wildman–Crippen LogP) is 5.43. The molecule has 0 saturated heterocycles. The number of anilines is 1. The molecule has 1 nitrogen and oxygen atoms in total. The van der Waals surface area contributed by atoms with E-state index < -0.39 is 12.6 Å². The van der Waals surface area contributed by atoms with Crippen LogP contribution in [0, 0.1) is 12.7 Å². The number of nitrogens with one attached hydrogen (secondary N) is 1. The molecular formula is C13H16BrF4N. The van der Waals surface area contributed by atoms with Crippen molar-refractivity contribution in [3.63, 3.8) is 0 Å². The van der Waals surface area contributed by atoms with Gasteiger partial charge in [0.25, 0.3) is 0 Å². The van der Waals surface area contributed by atoms with Gasteiger partial charge in [0.15, 0.2) is 0 Å². The van der Waals surface area contributed by atoms with Gasteiger partial charge in [-0.3, -0.25) is 0 Å². The highest BCUT2D eigenvalue weighted by Gasteiger charge is 2.26. The number of benzene rings is 1. The Hall–Kier alpha value is -0.780. The Bertz CT molecular complexity index is 431. The molecule has 1 unspecified atom stereocenters. The van der Waals surface area contributed by atoms with Gasteiger partial charge in [-0.15, -0.1) is 0 Å². The largest absolute Gasteiger partial charge is 0.389 e. The van der Waals surface area contributed by atoms with E-state index in [4.69, 9.17) is 0 Å². The van der Waals surface area contributed by atoms with Gasteiger partial charge >= 0.3 is 6.18 Å². The Kier molecular flexibility index (Phi) is 5.64. The van der Waals surface area contributed by atoms with Crippen LogP contribution in [0.5, 0.6) is 0 Å². The highest BCUT2D eigenvalue weighted by atomic mass is 79.9. The van der Waals surface area contributed by atoms with Crippen LogP contribution in [0.15, 0.2) is 16.6 Å². The Morgan fingerprint density at radius 1 is 1.32 bits per heavy atom. The number of halogens is 5. The Balaban J connectivity index is 2.53. The number of alkyl halides is 3. The quantitative estimate of drug-likeness (QED) is 0.704. The maximum Gasteiger partial charge on any atom is 0.389 e. The van der Waals surface area contributed by atoms with Crippen LogP contribution in [0.3, 0.4) is 0 Å². The van der Waals surface area contributed by atoms with Crippen LogP contribution >= 0.6 is 15.9 Å². The minimum absolute atomic E-state index is 0.0824. The minimum atomic E-state index is -4.10. The lowest BCUT2D eigenvalue weighted by Gasteiger charge is -2.18. The van der Waals surface area contributed by atoms with Crippen molar-refractivity contribution in [2.24, 2.45) is 0 Å². The molecule has 19 heavy (non-hydrogen) atoms. The molecule has 1 atom stereocenters. The van der Waals surface area contributed by atoms with E-state index in [0.717, 1.165) is 11.3 Å². The SMILES string of the molecule is Cc1cc(F)c(Br)cc1NC(C)CCCC(F)(F)F. The molecule has 6 heteroatoms. The number of aryl methyl sites for hydroxylation is 1. The lowest BCUT2D eigenvalue weighted by Crippen LogP contribution is -2.17. The Labute approximate surface area is 118 Å². The van der Waals surface area contributed by atoms with Crippen molar-refractivity contribution in [1.29, 1.82) is 0 Å². The third kappa shape index (κ3) is 5.80. The number of rotatable bonds is 5. The molecule has 0 spiro atoms. The summed E-state index contributed by atoms with van der Waals surface area (Å²) in [6.07, 6.45) is -4.38. The van der Waals surface area contributed by atoms with Crippen LogP contribution in [0.2, 0.25) is 0 Å². The zero-order valence-electron chi connectivity index (χ0n) is 10.7. The predicted molar refractivity (Wildman–Crippen MR) is 71.8 cm³/mol.